The first-order valence-corrected chi connectivity index (χ1v) is 9.65. The number of Topliss-reactive ketones (excluding diaryl/α,β-unsaturated/α-hetero) is 1. The molecule has 143 valence electrons. The number of carbonyl (C=O) groups excluding carboxylic acids is 2. The summed E-state index contributed by atoms with van der Waals surface area (Å²) in [7, 11) is 0. The smallest absolute Gasteiger partial charge is 0.213 e. The Balaban J connectivity index is 0.00000261. The van der Waals surface area contributed by atoms with Crippen LogP contribution in [-0.4, -0.2) is 53.1 Å². The zero-order valence-corrected chi connectivity index (χ0v) is 20.6. The molecule has 9 heteroatoms. The molecule has 27 heavy (non-hydrogen) atoms. The normalized spacial score (nSPS) is 20.2. The van der Waals surface area contributed by atoms with Gasteiger partial charge in [-0.05, 0) is 44.4 Å². The molecule has 1 saturated heterocycles. The van der Waals surface area contributed by atoms with Gasteiger partial charge in [-0.2, -0.15) is 0 Å². The number of para-hydroxylation sites is 1. The predicted octanol–water partition coefficient (Wildman–Crippen LogP) is 1.60. The van der Waals surface area contributed by atoms with E-state index in [-0.39, 0.29) is 62.3 Å². The molecule has 1 amide bonds. The number of nitrogens with one attached hydrogen (secondary N) is 1. The number of aromatic nitrogens is 1. The number of aliphatic hydroxyl groups excluding tert-OH is 1. The molecule has 3 unspecified atom stereocenters. The first-order chi connectivity index (χ1) is 12.6. The van der Waals surface area contributed by atoms with Crippen molar-refractivity contribution in [1.82, 2.24) is 10.3 Å². The average Bonchev–Trinajstić information content (AvgIpc) is 3.26. The molecule has 0 spiro atoms. The molecule has 0 aliphatic carbocycles. The second-order valence-corrected chi connectivity index (χ2v) is 7.50. The summed E-state index contributed by atoms with van der Waals surface area (Å²) in [6.07, 6.45) is 1.75. The Labute approximate surface area is 198 Å². The number of nitrogens with zero attached hydrogens (tertiary/aromatic N) is 2. The van der Waals surface area contributed by atoms with Gasteiger partial charge in [-0.1, -0.05) is 18.2 Å². The molecule has 2 aromatic rings. The first kappa shape index (κ1) is 22.9. The summed E-state index contributed by atoms with van der Waals surface area (Å²) in [5.74, 6) is -0.496. The van der Waals surface area contributed by atoms with Crippen LogP contribution in [0.2, 0.25) is 0 Å². The summed E-state index contributed by atoms with van der Waals surface area (Å²) in [5, 5.41) is 16.9. The zero-order valence-electron chi connectivity index (χ0n) is 15.0. The Bertz CT molecular complexity index is 752. The van der Waals surface area contributed by atoms with Crippen molar-refractivity contribution in [1.29, 1.82) is 0 Å². The number of fused-ring (bicyclic) bond motifs is 1. The van der Waals surface area contributed by atoms with E-state index in [9.17, 15) is 14.7 Å². The van der Waals surface area contributed by atoms with Crippen molar-refractivity contribution in [2.45, 2.75) is 43.9 Å². The van der Waals surface area contributed by atoms with Gasteiger partial charge in [0, 0.05) is 50.2 Å². The van der Waals surface area contributed by atoms with Gasteiger partial charge in [0.2, 0.25) is 11.7 Å². The number of aliphatic hydroxyl groups is 1. The van der Waals surface area contributed by atoms with Gasteiger partial charge < -0.3 is 21.5 Å². The quantitative estimate of drug-likeness (QED) is 0.314. The van der Waals surface area contributed by atoms with Crippen molar-refractivity contribution in [3.8, 4) is 0 Å². The predicted molar refractivity (Wildman–Crippen MR) is 101 cm³/mol. The molecule has 4 N–H and O–H groups in total. The number of carbonyl (C=O) groups is 2. The van der Waals surface area contributed by atoms with E-state index < -0.39 is 18.2 Å². The summed E-state index contributed by atoms with van der Waals surface area (Å²) < 4.78 is 0.941. The van der Waals surface area contributed by atoms with Crippen LogP contribution in [0, 0.1) is 44.1 Å². The zero-order chi connectivity index (χ0) is 18.5. The molecule has 3 rings (SSSR count). The maximum Gasteiger partial charge on any atom is 0.213 e. The molecular formula is C18H23AcN4O3S-. The molecule has 1 aliphatic heterocycles. The van der Waals surface area contributed by atoms with E-state index in [1.165, 1.54) is 11.3 Å². The van der Waals surface area contributed by atoms with Crippen LogP contribution in [0.15, 0.2) is 24.3 Å². The van der Waals surface area contributed by atoms with Gasteiger partial charge in [0.25, 0.3) is 0 Å². The number of benzene rings is 1. The number of ketones is 1. The van der Waals surface area contributed by atoms with E-state index >= 15 is 0 Å². The van der Waals surface area contributed by atoms with Gasteiger partial charge in [-0.15, -0.1) is 17.9 Å². The summed E-state index contributed by atoms with van der Waals surface area (Å²) in [4.78, 5) is 29.8. The van der Waals surface area contributed by atoms with Gasteiger partial charge in [0.05, 0.1) is 16.3 Å². The van der Waals surface area contributed by atoms with Crippen LogP contribution in [0.25, 0.3) is 15.5 Å². The van der Waals surface area contributed by atoms with Gasteiger partial charge >= 0.3 is 0 Å². The molecule has 1 aromatic carbocycles. The second-order valence-electron chi connectivity index (χ2n) is 6.47. The van der Waals surface area contributed by atoms with E-state index in [0.29, 0.717) is 24.4 Å². The van der Waals surface area contributed by atoms with E-state index in [0.717, 1.165) is 23.1 Å². The summed E-state index contributed by atoms with van der Waals surface area (Å²) >= 11 is 1.33. The van der Waals surface area contributed by atoms with Crippen LogP contribution in [0.3, 0.4) is 0 Å². The third-order valence-electron chi connectivity index (χ3n) is 4.42. The topological polar surface area (TPSA) is 119 Å². The molecule has 0 saturated carbocycles. The third kappa shape index (κ3) is 6.02. The Hall–Kier alpha value is -0.428. The summed E-state index contributed by atoms with van der Waals surface area (Å²) in [6.45, 7) is 0.807. The Kier molecular flexibility index (Phi) is 9.26. The van der Waals surface area contributed by atoms with Gasteiger partial charge in [-0.3, -0.25) is 9.59 Å². The maximum absolute atomic E-state index is 12.9. The Morgan fingerprint density at radius 3 is 2.81 bits per heavy atom. The average molecular weight is 602 g/mol. The van der Waals surface area contributed by atoms with E-state index in [4.69, 9.17) is 5.73 Å². The fourth-order valence-electron chi connectivity index (χ4n) is 3.00. The van der Waals surface area contributed by atoms with Crippen LogP contribution in [0.4, 0.5) is 0 Å². The van der Waals surface area contributed by atoms with Crippen LogP contribution in [-0.2, 0) is 4.79 Å². The van der Waals surface area contributed by atoms with Crippen LogP contribution in [0.5, 0.6) is 0 Å². The largest absolute Gasteiger partial charge is 0.650 e. The standard InChI is InChI=1S/C18H23N4O3S.Ac/c19-8-4-3-6-13(21-17(25)14-9-11(23)10-20-14)16(24)18-22-12-5-1-2-7-15(12)26-18;/h1-2,5,7,11,13-14,23H,3-4,6,8-10,19H2,(H,21,25);/q-1;. The number of unbranched alkanes of at least 4 members (excludes halogenated alkanes) is 1. The van der Waals surface area contributed by atoms with E-state index in [2.05, 4.69) is 15.6 Å². The third-order valence-corrected chi connectivity index (χ3v) is 5.47. The Morgan fingerprint density at radius 1 is 1.37 bits per heavy atom. The number of hydrogen-bond donors (Lipinski definition) is 3. The van der Waals surface area contributed by atoms with Crippen molar-refractivity contribution in [2.24, 2.45) is 5.73 Å². The molecule has 1 aromatic heterocycles. The molecule has 1 radical (unpaired) electrons. The van der Waals surface area contributed by atoms with Gasteiger partial charge in [0.15, 0.2) is 5.01 Å². The van der Waals surface area contributed by atoms with Gasteiger partial charge in [-0.25, -0.2) is 4.98 Å². The summed E-state index contributed by atoms with van der Waals surface area (Å²) in [5.41, 5.74) is 6.32. The van der Waals surface area contributed by atoms with Crippen molar-refractivity contribution in [3.63, 3.8) is 0 Å². The second kappa shape index (κ2) is 10.9. The first-order valence-electron chi connectivity index (χ1n) is 8.83. The number of hydrogen-bond acceptors (Lipinski definition) is 6. The maximum atomic E-state index is 12.9. The molecule has 1 fully saturated rings. The minimum Gasteiger partial charge on any atom is -0.650 e. The number of amides is 1. The van der Waals surface area contributed by atoms with Crippen LogP contribution in [0.1, 0.15) is 35.5 Å². The number of rotatable bonds is 8. The minimum absolute atomic E-state index is 0. The SMILES string of the molecule is NCCCCC(NC(=O)C1CC(O)C[N-]1)C(=O)c1nc2ccccc2s1.[Ac]. The molecule has 2 heterocycles. The van der Waals surface area contributed by atoms with E-state index in [1.54, 1.807) is 0 Å². The van der Waals surface area contributed by atoms with Crippen molar-refractivity contribution in [2.75, 3.05) is 13.1 Å². The molecular weight excluding hydrogens is 579 g/mol. The molecule has 7 nitrogen and oxygen atoms in total. The van der Waals surface area contributed by atoms with Gasteiger partial charge in [0.1, 0.15) is 0 Å². The fourth-order valence-corrected chi connectivity index (χ4v) is 3.96. The molecule has 3 atom stereocenters. The number of nitrogens with two attached hydrogens (primary N) is 1. The number of thiazole rings is 1. The van der Waals surface area contributed by atoms with Crippen LogP contribution < -0.4 is 11.1 Å². The van der Waals surface area contributed by atoms with E-state index in [1.807, 2.05) is 24.3 Å². The van der Waals surface area contributed by atoms with Crippen molar-refractivity contribution >= 4 is 33.2 Å². The molecule has 0 bridgehead atoms. The fraction of sp³-hybridized carbons (Fsp3) is 0.500. The minimum atomic E-state index is -0.650. The monoisotopic (exact) mass is 602 g/mol. The summed E-state index contributed by atoms with van der Waals surface area (Å²) in [6, 6.07) is 6.33. The van der Waals surface area contributed by atoms with Crippen LogP contribution >= 0.6 is 11.3 Å². The van der Waals surface area contributed by atoms with Crippen molar-refractivity contribution in [3.05, 3.63) is 34.6 Å². The van der Waals surface area contributed by atoms with Crippen molar-refractivity contribution < 1.29 is 58.8 Å². The Morgan fingerprint density at radius 2 is 2.15 bits per heavy atom. The molecule has 1 aliphatic rings.